The van der Waals surface area contributed by atoms with Gasteiger partial charge in [-0.1, -0.05) is 0 Å². The minimum atomic E-state index is -4.31. The first-order valence-corrected chi connectivity index (χ1v) is 7.75. The molecule has 1 heterocycles. The molecule has 0 aliphatic carbocycles. The van der Waals surface area contributed by atoms with Crippen LogP contribution in [0.5, 0.6) is 0 Å². The molecule has 0 spiro atoms. The zero-order chi connectivity index (χ0) is 15.5. The number of rotatable bonds is 3. The molecule has 0 radical (unpaired) electrons. The summed E-state index contributed by atoms with van der Waals surface area (Å²) in [5.41, 5.74) is 5.76. The van der Waals surface area contributed by atoms with Crippen molar-refractivity contribution in [1.29, 1.82) is 0 Å². The zero-order valence-corrected chi connectivity index (χ0v) is 13.3. The quantitative estimate of drug-likeness (QED) is 0.893. The molecule has 7 heteroatoms. The van der Waals surface area contributed by atoms with Gasteiger partial charge < -0.3 is 15.5 Å². The van der Waals surface area contributed by atoms with Crippen LogP contribution in [0.2, 0.25) is 0 Å². The highest BCUT2D eigenvalue weighted by Gasteiger charge is 2.31. The molecule has 0 amide bonds. The smallest absolute Gasteiger partial charge is 0.369 e. The molecule has 1 fully saturated rings. The molecule has 3 nitrogen and oxygen atoms in total. The summed E-state index contributed by atoms with van der Waals surface area (Å²) in [6.45, 7) is 4.98. The highest BCUT2D eigenvalue weighted by atomic mass is 79.9. The number of hydrogen-bond acceptors (Lipinski definition) is 3. The Morgan fingerprint density at radius 3 is 2.52 bits per heavy atom. The van der Waals surface area contributed by atoms with Gasteiger partial charge in [-0.3, -0.25) is 0 Å². The van der Waals surface area contributed by atoms with Crippen molar-refractivity contribution in [2.24, 2.45) is 5.73 Å². The Bertz CT molecular complexity index is 479. The van der Waals surface area contributed by atoms with Gasteiger partial charge in [0.15, 0.2) is 0 Å². The maximum Gasteiger partial charge on any atom is 0.416 e. The van der Waals surface area contributed by atoms with Crippen LogP contribution >= 0.6 is 15.9 Å². The van der Waals surface area contributed by atoms with Crippen molar-refractivity contribution in [2.45, 2.75) is 12.6 Å². The number of anilines is 1. The van der Waals surface area contributed by atoms with E-state index in [1.165, 1.54) is 0 Å². The molecule has 21 heavy (non-hydrogen) atoms. The molecular weight excluding hydrogens is 347 g/mol. The highest BCUT2D eigenvalue weighted by molar-refractivity contribution is 9.10. The van der Waals surface area contributed by atoms with Gasteiger partial charge in [0.1, 0.15) is 0 Å². The number of nitrogens with zero attached hydrogens (tertiary/aromatic N) is 2. The number of nitrogens with two attached hydrogens (primary N) is 1. The van der Waals surface area contributed by atoms with Gasteiger partial charge in [-0.2, -0.15) is 13.2 Å². The van der Waals surface area contributed by atoms with Gasteiger partial charge in [0.2, 0.25) is 0 Å². The summed E-state index contributed by atoms with van der Waals surface area (Å²) in [5.74, 6) is 0. The molecule has 0 unspecified atom stereocenters. The minimum absolute atomic E-state index is 0.490. The maximum atomic E-state index is 12.7. The third-order valence-electron chi connectivity index (χ3n) is 3.65. The van der Waals surface area contributed by atoms with E-state index >= 15 is 0 Å². The number of halogens is 4. The molecule has 0 bridgehead atoms. The van der Waals surface area contributed by atoms with Crippen LogP contribution in [-0.4, -0.2) is 44.2 Å². The normalized spacial score (nSPS) is 17.9. The van der Waals surface area contributed by atoms with Crippen molar-refractivity contribution in [3.63, 3.8) is 0 Å². The van der Waals surface area contributed by atoms with Crippen LogP contribution in [0.15, 0.2) is 22.7 Å². The fourth-order valence-corrected chi connectivity index (χ4v) is 3.19. The van der Waals surface area contributed by atoms with Crippen LogP contribution in [0.3, 0.4) is 0 Å². The van der Waals surface area contributed by atoms with Crippen molar-refractivity contribution < 1.29 is 13.2 Å². The van der Waals surface area contributed by atoms with E-state index in [4.69, 9.17) is 5.73 Å². The lowest BCUT2D eigenvalue weighted by Gasteiger charge is -2.25. The number of benzene rings is 1. The van der Waals surface area contributed by atoms with Gasteiger partial charge in [-0.15, -0.1) is 0 Å². The summed E-state index contributed by atoms with van der Waals surface area (Å²) < 4.78 is 38.6. The van der Waals surface area contributed by atoms with Gasteiger partial charge in [0.25, 0.3) is 0 Å². The van der Waals surface area contributed by atoms with E-state index < -0.39 is 11.7 Å². The maximum absolute atomic E-state index is 12.7. The monoisotopic (exact) mass is 365 g/mol. The first kappa shape index (κ1) is 16.6. The fourth-order valence-electron chi connectivity index (χ4n) is 2.56. The molecule has 1 aromatic rings. The first-order chi connectivity index (χ1) is 9.91. The van der Waals surface area contributed by atoms with Crippen LogP contribution in [0, 0.1) is 0 Å². The minimum Gasteiger partial charge on any atom is -0.369 e. The Balaban J connectivity index is 2.11. The van der Waals surface area contributed by atoms with E-state index in [1.807, 2.05) is 0 Å². The van der Waals surface area contributed by atoms with Gasteiger partial charge in [0, 0.05) is 37.2 Å². The molecular formula is C14H19BrF3N3. The predicted octanol–water partition coefficient (Wildman–Crippen LogP) is 2.94. The second-order valence-electron chi connectivity index (χ2n) is 5.13. The van der Waals surface area contributed by atoms with Crippen molar-refractivity contribution in [3.05, 3.63) is 28.2 Å². The summed E-state index contributed by atoms with van der Waals surface area (Å²) in [5, 5.41) is 0. The SMILES string of the molecule is NCCN1CCCN(c2ccc(C(F)(F)F)cc2Br)CC1. The van der Waals surface area contributed by atoms with Crippen molar-refractivity contribution in [3.8, 4) is 0 Å². The van der Waals surface area contributed by atoms with Crippen molar-refractivity contribution in [2.75, 3.05) is 44.2 Å². The Hall–Kier alpha value is -0.790. The average molecular weight is 366 g/mol. The van der Waals surface area contributed by atoms with Crippen LogP contribution < -0.4 is 10.6 Å². The molecule has 1 aromatic carbocycles. The Kier molecular flexibility index (Phi) is 5.51. The summed E-state index contributed by atoms with van der Waals surface area (Å²) in [6, 6.07) is 3.84. The van der Waals surface area contributed by atoms with Crippen LogP contribution in [0.4, 0.5) is 18.9 Å². The first-order valence-electron chi connectivity index (χ1n) is 6.96. The second-order valence-corrected chi connectivity index (χ2v) is 5.99. The second kappa shape index (κ2) is 6.98. The van der Waals surface area contributed by atoms with Crippen LogP contribution in [-0.2, 0) is 6.18 Å². The average Bonchev–Trinajstić information content (AvgIpc) is 2.64. The van der Waals surface area contributed by atoms with E-state index in [0.717, 1.165) is 57.0 Å². The topological polar surface area (TPSA) is 32.5 Å². The molecule has 0 aromatic heterocycles. The van der Waals surface area contributed by atoms with E-state index in [1.54, 1.807) is 6.07 Å². The summed E-state index contributed by atoms with van der Waals surface area (Å²) >= 11 is 3.27. The lowest BCUT2D eigenvalue weighted by atomic mass is 10.2. The molecule has 1 aliphatic heterocycles. The molecule has 118 valence electrons. The molecule has 1 aliphatic rings. The van der Waals surface area contributed by atoms with E-state index in [-0.39, 0.29) is 0 Å². The lowest BCUT2D eigenvalue weighted by Crippen LogP contribution is -2.34. The molecule has 2 N–H and O–H groups in total. The van der Waals surface area contributed by atoms with Crippen molar-refractivity contribution in [1.82, 2.24) is 4.90 Å². The van der Waals surface area contributed by atoms with Crippen LogP contribution in [0.1, 0.15) is 12.0 Å². The summed E-state index contributed by atoms with van der Waals surface area (Å²) in [7, 11) is 0. The Labute approximate surface area is 131 Å². The molecule has 0 atom stereocenters. The highest BCUT2D eigenvalue weighted by Crippen LogP contribution is 2.35. The summed E-state index contributed by atoms with van der Waals surface area (Å²) in [4.78, 5) is 4.42. The molecule has 0 saturated carbocycles. The Morgan fingerprint density at radius 1 is 1.14 bits per heavy atom. The zero-order valence-electron chi connectivity index (χ0n) is 11.7. The van der Waals surface area contributed by atoms with Gasteiger partial charge in [-0.05, 0) is 47.1 Å². The van der Waals surface area contributed by atoms with Crippen LogP contribution in [0.25, 0.3) is 0 Å². The molecule has 2 rings (SSSR count). The van der Waals surface area contributed by atoms with Gasteiger partial charge >= 0.3 is 6.18 Å². The van der Waals surface area contributed by atoms with Crippen molar-refractivity contribution >= 4 is 21.6 Å². The van der Waals surface area contributed by atoms with E-state index in [2.05, 4.69) is 25.7 Å². The lowest BCUT2D eigenvalue weighted by molar-refractivity contribution is -0.137. The van der Waals surface area contributed by atoms with E-state index in [9.17, 15) is 13.2 Å². The number of alkyl halides is 3. The van der Waals surface area contributed by atoms with E-state index in [0.29, 0.717) is 11.0 Å². The fraction of sp³-hybridized carbons (Fsp3) is 0.571. The van der Waals surface area contributed by atoms with Gasteiger partial charge in [0.05, 0.1) is 11.3 Å². The largest absolute Gasteiger partial charge is 0.416 e. The standard InChI is InChI=1S/C14H19BrF3N3/c15-12-10-11(14(16,17)18)2-3-13(12)21-6-1-5-20(7-4-19)8-9-21/h2-3,10H,1,4-9,19H2. The number of hydrogen-bond donors (Lipinski definition) is 1. The third kappa shape index (κ3) is 4.34. The predicted molar refractivity (Wildman–Crippen MR) is 81.5 cm³/mol. The van der Waals surface area contributed by atoms with Gasteiger partial charge in [-0.25, -0.2) is 0 Å². The third-order valence-corrected chi connectivity index (χ3v) is 4.28. The summed E-state index contributed by atoms with van der Waals surface area (Å²) in [6.07, 6.45) is -3.33. The Morgan fingerprint density at radius 2 is 1.90 bits per heavy atom. The molecule has 1 saturated heterocycles.